The van der Waals surface area contributed by atoms with Gasteiger partial charge in [0.15, 0.2) is 0 Å². The molecule has 7 heteroatoms. The molecule has 2 aromatic heterocycles. The Labute approximate surface area is 174 Å². The lowest BCUT2D eigenvalue weighted by molar-refractivity contribution is 0.0730. The molecule has 1 saturated heterocycles. The van der Waals surface area contributed by atoms with Crippen molar-refractivity contribution >= 4 is 34.2 Å². The molecule has 0 aliphatic carbocycles. The van der Waals surface area contributed by atoms with E-state index in [0.717, 1.165) is 42.0 Å². The van der Waals surface area contributed by atoms with Crippen LogP contribution in [-0.4, -0.2) is 52.6 Å². The van der Waals surface area contributed by atoms with Gasteiger partial charge in [-0.3, -0.25) is 4.79 Å². The van der Waals surface area contributed by atoms with Gasteiger partial charge in [0.2, 0.25) is 0 Å². The molecule has 2 aliphatic heterocycles. The Kier molecular flexibility index (Phi) is 4.59. The zero-order chi connectivity index (χ0) is 20.0. The topological polar surface area (TPSA) is 50.6 Å². The summed E-state index contributed by atoms with van der Waals surface area (Å²) in [4.78, 5) is 22.0. The van der Waals surface area contributed by atoms with E-state index in [4.69, 9.17) is 16.3 Å². The molecule has 1 aromatic carbocycles. The second-order valence-corrected chi connectivity index (χ2v) is 7.97. The van der Waals surface area contributed by atoms with Crippen LogP contribution >= 0.6 is 11.6 Å². The maximum atomic E-state index is 13.4. The number of carbonyl (C=O) groups excluding carboxylic acids is 1. The number of benzene rings is 1. The van der Waals surface area contributed by atoms with Gasteiger partial charge in [0.05, 0.1) is 17.1 Å². The summed E-state index contributed by atoms with van der Waals surface area (Å²) in [5.74, 6) is 1.82. The molecule has 1 amide bonds. The first-order chi connectivity index (χ1) is 14.2. The van der Waals surface area contributed by atoms with E-state index in [0.29, 0.717) is 30.4 Å². The molecule has 5 rings (SSSR count). The SMILES string of the molecule is CC[C@H]1Cn2c(C(=O)N3CCN(c4ccccn4)CC3)cc3c(Cl)ccc(c32)O1. The molecule has 3 aromatic rings. The van der Waals surface area contributed by atoms with Crippen molar-refractivity contribution in [1.82, 2.24) is 14.5 Å². The molecule has 1 fully saturated rings. The lowest BCUT2D eigenvalue weighted by Gasteiger charge is -2.35. The zero-order valence-electron chi connectivity index (χ0n) is 16.3. The van der Waals surface area contributed by atoms with Gasteiger partial charge >= 0.3 is 0 Å². The summed E-state index contributed by atoms with van der Waals surface area (Å²) in [6, 6.07) is 11.6. The third-order valence-corrected chi connectivity index (χ3v) is 6.19. The van der Waals surface area contributed by atoms with Crippen LogP contribution in [0.15, 0.2) is 42.6 Å². The number of hydrogen-bond acceptors (Lipinski definition) is 4. The van der Waals surface area contributed by atoms with Crippen LogP contribution in [0.3, 0.4) is 0 Å². The summed E-state index contributed by atoms with van der Waals surface area (Å²) in [5, 5.41) is 1.53. The minimum Gasteiger partial charge on any atom is -0.486 e. The maximum Gasteiger partial charge on any atom is 0.270 e. The molecule has 0 spiro atoms. The number of rotatable bonds is 3. The lowest BCUT2D eigenvalue weighted by atomic mass is 10.2. The quantitative estimate of drug-likeness (QED) is 0.658. The summed E-state index contributed by atoms with van der Waals surface area (Å²) in [6.07, 6.45) is 2.75. The van der Waals surface area contributed by atoms with Crippen LogP contribution in [0, 0.1) is 0 Å². The molecule has 0 N–H and O–H groups in total. The Bertz CT molecular complexity index is 1060. The van der Waals surface area contributed by atoms with Crippen LogP contribution in [0.25, 0.3) is 10.9 Å². The van der Waals surface area contributed by atoms with Gasteiger partial charge in [-0.1, -0.05) is 24.6 Å². The summed E-state index contributed by atoms with van der Waals surface area (Å²) in [5.41, 5.74) is 1.63. The number of ether oxygens (including phenoxy) is 1. The van der Waals surface area contributed by atoms with Gasteiger partial charge in [-0.2, -0.15) is 0 Å². The lowest BCUT2D eigenvalue weighted by Crippen LogP contribution is -2.49. The van der Waals surface area contributed by atoms with E-state index in [1.54, 1.807) is 6.20 Å². The van der Waals surface area contributed by atoms with E-state index in [-0.39, 0.29) is 12.0 Å². The first kappa shape index (κ1) is 18.3. The molecule has 150 valence electrons. The summed E-state index contributed by atoms with van der Waals surface area (Å²) in [7, 11) is 0. The van der Waals surface area contributed by atoms with Crippen LogP contribution in [0.2, 0.25) is 5.02 Å². The fraction of sp³-hybridized carbons (Fsp3) is 0.364. The summed E-state index contributed by atoms with van der Waals surface area (Å²) in [6.45, 7) is 5.66. The molecule has 6 nitrogen and oxygen atoms in total. The van der Waals surface area contributed by atoms with Crippen LogP contribution in [0.5, 0.6) is 5.75 Å². The third-order valence-electron chi connectivity index (χ3n) is 5.86. The van der Waals surface area contributed by atoms with Gasteiger partial charge in [0.1, 0.15) is 23.4 Å². The predicted molar refractivity (Wildman–Crippen MR) is 114 cm³/mol. The van der Waals surface area contributed by atoms with E-state index in [1.165, 1.54) is 0 Å². The molecule has 4 heterocycles. The number of halogens is 1. The first-order valence-electron chi connectivity index (χ1n) is 10.1. The molecule has 0 bridgehead atoms. The number of hydrogen-bond donors (Lipinski definition) is 0. The van der Waals surface area contributed by atoms with E-state index in [9.17, 15) is 4.79 Å². The highest BCUT2D eigenvalue weighted by molar-refractivity contribution is 6.36. The number of amides is 1. The smallest absolute Gasteiger partial charge is 0.270 e. The fourth-order valence-corrected chi connectivity index (χ4v) is 4.46. The summed E-state index contributed by atoms with van der Waals surface area (Å²) >= 11 is 6.44. The average molecular weight is 411 g/mol. The second kappa shape index (κ2) is 7.26. The third kappa shape index (κ3) is 3.12. The van der Waals surface area contributed by atoms with Crippen molar-refractivity contribution in [3.05, 3.63) is 53.3 Å². The Balaban J connectivity index is 1.43. The van der Waals surface area contributed by atoms with Gasteiger partial charge in [0.25, 0.3) is 5.91 Å². The number of pyridine rings is 1. The number of anilines is 1. The van der Waals surface area contributed by atoms with Gasteiger partial charge in [-0.05, 0) is 36.8 Å². The Morgan fingerprint density at radius 1 is 1.21 bits per heavy atom. The highest BCUT2D eigenvalue weighted by Gasteiger charge is 2.30. The van der Waals surface area contributed by atoms with Crippen LogP contribution < -0.4 is 9.64 Å². The Morgan fingerprint density at radius 3 is 2.76 bits per heavy atom. The number of aromatic nitrogens is 2. The average Bonchev–Trinajstić information content (AvgIpc) is 3.17. The molecule has 2 aliphatic rings. The first-order valence-corrected chi connectivity index (χ1v) is 10.5. The van der Waals surface area contributed by atoms with Crippen molar-refractivity contribution in [2.75, 3.05) is 31.1 Å². The molecule has 0 saturated carbocycles. The molecular weight excluding hydrogens is 388 g/mol. The second-order valence-electron chi connectivity index (χ2n) is 7.56. The van der Waals surface area contributed by atoms with Crippen molar-refractivity contribution in [3.63, 3.8) is 0 Å². The standard InChI is InChI=1S/C22H23ClN4O2/c1-2-15-14-27-18(13-16-17(23)6-7-19(29-15)21(16)27)22(28)26-11-9-25(10-12-26)20-5-3-4-8-24-20/h3-8,13,15H,2,9-12,14H2,1H3/t15-/m0/s1. The molecule has 29 heavy (non-hydrogen) atoms. The number of carbonyl (C=O) groups is 1. The normalized spacial score (nSPS) is 18.8. The maximum absolute atomic E-state index is 13.4. The monoisotopic (exact) mass is 410 g/mol. The van der Waals surface area contributed by atoms with Gasteiger partial charge in [0, 0.05) is 37.8 Å². The molecule has 0 unspecified atom stereocenters. The Hall–Kier alpha value is -2.73. The Morgan fingerprint density at radius 2 is 2.03 bits per heavy atom. The molecule has 1 atom stereocenters. The van der Waals surface area contributed by atoms with Crippen molar-refractivity contribution in [2.24, 2.45) is 0 Å². The van der Waals surface area contributed by atoms with Crippen LogP contribution in [0.1, 0.15) is 23.8 Å². The molecular formula is C22H23ClN4O2. The minimum atomic E-state index is 0.0561. The highest BCUT2D eigenvalue weighted by atomic mass is 35.5. The van der Waals surface area contributed by atoms with Gasteiger partial charge in [-0.15, -0.1) is 0 Å². The number of nitrogens with zero attached hydrogens (tertiary/aromatic N) is 4. The van der Waals surface area contributed by atoms with Crippen LogP contribution in [0.4, 0.5) is 5.82 Å². The highest BCUT2D eigenvalue weighted by Crippen LogP contribution is 2.38. The van der Waals surface area contributed by atoms with Crippen molar-refractivity contribution in [1.29, 1.82) is 0 Å². The van der Waals surface area contributed by atoms with Crippen molar-refractivity contribution in [2.45, 2.75) is 26.0 Å². The predicted octanol–water partition coefficient (Wildman–Crippen LogP) is 3.82. The van der Waals surface area contributed by atoms with Crippen LogP contribution in [-0.2, 0) is 6.54 Å². The van der Waals surface area contributed by atoms with Crippen molar-refractivity contribution < 1.29 is 9.53 Å². The summed E-state index contributed by atoms with van der Waals surface area (Å²) < 4.78 is 8.19. The van der Waals surface area contributed by atoms with Gasteiger partial charge in [-0.25, -0.2) is 4.98 Å². The van der Waals surface area contributed by atoms with Gasteiger partial charge < -0.3 is 19.1 Å². The van der Waals surface area contributed by atoms with E-state index < -0.39 is 0 Å². The fourth-order valence-electron chi connectivity index (χ4n) is 4.25. The van der Waals surface area contributed by atoms with E-state index in [1.807, 2.05) is 41.3 Å². The zero-order valence-corrected chi connectivity index (χ0v) is 17.1. The number of piperazine rings is 1. The largest absolute Gasteiger partial charge is 0.486 e. The molecule has 0 radical (unpaired) electrons. The van der Waals surface area contributed by atoms with E-state index in [2.05, 4.69) is 21.4 Å². The minimum absolute atomic E-state index is 0.0561. The van der Waals surface area contributed by atoms with Crippen molar-refractivity contribution in [3.8, 4) is 5.75 Å². The van der Waals surface area contributed by atoms with E-state index >= 15 is 0 Å².